The third kappa shape index (κ3) is 8.06. The zero-order valence-electron chi connectivity index (χ0n) is 26.1. The van der Waals surface area contributed by atoms with Gasteiger partial charge < -0.3 is 94.3 Å². The molecule has 4 aliphatic rings. The second kappa shape index (κ2) is 16.2. The van der Waals surface area contributed by atoms with Gasteiger partial charge in [-0.05, 0) is 13.8 Å². The molecule has 0 aromatic carbocycles. The summed E-state index contributed by atoms with van der Waals surface area (Å²) in [5.74, 6) is -0.542. The highest BCUT2D eigenvalue weighted by Crippen LogP contribution is 2.34. The summed E-state index contributed by atoms with van der Waals surface area (Å²) < 4.78 is 44.8. The van der Waals surface area contributed by atoms with E-state index in [1.165, 1.54) is 27.9 Å². The molecule has 20 heteroatoms. The Morgan fingerprint density at radius 2 is 1.00 bits per heavy atom. The standard InChI is InChI=1S/C27H47NO19/c1-7-14(33)23(19(38)26(41-7)45-21-12(28-9(3)31)24(40-4)43-11(6-30)16(21)35)47-27-20(39)22(13(32)8(2)42-27)46-25-18(37)17(36)15(34)10(5-29)44-25/h7-8,10-27,29-30,32-39H,5-6H2,1-4H3,(H,28,31)/t7-,8-,10+,11+,12+,13-,14-,15+,16+,17-,18+,19+,20+,21+,22+,23+,24+,25+,26-,27-/m0/s1. The molecule has 20 atom stereocenters. The van der Waals surface area contributed by atoms with Gasteiger partial charge in [0.15, 0.2) is 25.2 Å². The summed E-state index contributed by atoms with van der Waals surface area (Å²) in [5, 5.41) is 107. The Bertz CT molecular complexity index is 1010. The van der Waals surface area contributed by atoms with Gasteiger partial charge in [-0.1, -0.05) is 0 Å². The van der Waals surface area contributed by atoms with E-state index in [-0.39, 0.29) is 0 Å². The highest BCUT2D eigenvalue weighted by Gasteiger charge is 2.55. The molecule has 0 saturated carbocycles. The minimum absolute atomic E-state index is 0.542. The van der Waals surface area contributed by atoms with E-state index in [4.69, 9.17) is 37.9 Å². The molecule has 4 aliphatic heterocycles. The van der Waals surface area contributed by atoms with Crippen molar-refractivity contribution in [1.82, 2.24) is 5.32 Å². The number of hydrogen-bond acceptors (Lipinski definition) is 19. The first kappa shape index (κ1) is 38.6. The Morgan fingerprint density at radius 1 is 0.574 bits per heavy atom. The molecule has 4 saturated heterocycles. The van der Waals surface area contributed by atoms with Crippen molar-refractivity contribution in [2.45, 2.75) is 144 Å². The van der Waals surface area contributed by atoms with Crippen LogP contribution in [0.15, 0.2) is 0 Å². The number of aliphatic hydroxyl groups excluding tert-OH is 10. The van der Waals surface area contributed by atoms with Gasteiger partial charge in [-0.2, -0.15) is 0 Å². The summed E-state index contributed by atoms with van der Waals surface area (Å²) in [7, 11) is 1.26. The Hall–Kier alpha value is -1.25. The van der Waals surface area contributed by atoms with E-state index in [0.717, 1.165) is 0 Å². The van der Waals surface area contributed by atoms with Gasteiger partial charge in [-0.3, -0.25) is 4.79 Å². The van der Waals surface area contributed by atoms with E-state index in [9.17, 15) is 55.9 Å². The highest BCUT2D eigenvalue weighted by molar-refractivity contribution is 5.73. The lowest BCUT2D eigenvalue weighted by Gasteiger charge is -2.49. The van der Waals surface area contributed by atoms with Crippen LogP contribution in [0, 0.1) is 0 Å². The van der Waals surface area contributed by atoms with Gasteiger partial charge >= 0.3 is 0 Å². The summed E-state index contributed by atoms with van der Waals surface area (Å²) in [6, 6.07) is -1.15. The Morgan fingerprint density at radius 3 is 1.45 bits per heavy atom. The maximum Gasteiger partial charge on any atom is 0.217 e. The average molecular weight is 690 g/mol. The van der Waals surface area contributed by atoms with Crippen LogP contribution in [0.3, 0.4) is 0 Å². The van der Waals surface area contributed by atoms with Crippen molar-refractivity contribution >= 4 is 5.91 Å². The Labute approximate surface area is 269 Å². The lowest BCUT2D eigenvalue weighted by Crippen LogP contribution is -2.68. The lowest BCUT2D eigenvalue weighted by atomic mass is 9.95. The maximum atomic E-state index is 11.9. The molecule has 4 heterocycles. The second-order valence-corrected chi connectivity index (χ2v) is 12.1. The smallest absolute Gasteiger partial charge is 0.217 e. The first-order valence-corrected chi connectivity index (χ1v) is 15.2. The number of nitrogens with one attached hydrogen (secondary N) is 1. The number of carbonyl (C=O) groups excluding carboxylic acids is 1. The van der Waals surface area contributed by atoms with E-state index in [0.29, 0.717) is 0 Å². The molecule has 4 rings (SSSR count). The van der Waals surface area contributed by atoms with Crippen LogP contribution in [-0.4, -0.2) is 200 Å². The van der Waals surface area contributed by atoms with Crippen molar-refractivity contribution in [2.75, 3.05) is 20.3 Å². The molecule has 0 bridgehead atoms. The van der Waals surface area contributed by atoms with Gasteiger partial charge in [0, 0.05) is 14.0 Å². The fourth-order valence-electron chi connectivity index (χ4n) is 6.00. The molecule has 1 amide bonds. The predicted molar refractivity (Wildman–Crippen MR) is 147 cm³/mol. The molecule has 0 aromatic rings. The highest BCUT2D eigenvalue weighted by atomic mass is 16.8. The number of methoxy groups -OCH3 is 1. The fourth-order valence-corrected chi connectivity index (χ4v) is 6.00. The van der Waals surface area contributed by atoms with Crippen molar-refractivity contribution < 1.29 is 93.8 Å². The molecule has 0 spiro atoms. The summed E-state index contributed by atoms with van der Waals surface area (Å²) in [5.41, 5.74) is 0. The van der Waals surface area contributed by atoms with Crippen molar-refractivity contribution in [3.8, 4) is 0 Å². The summed E-state index contributed by atoms with van der Waals surface area (Å²) in [6.45, 7) is 2.59. The van der Waals surface area contributed by atoms with Gasteiger partial charge in [-0.25, -0.2) is 0 Å². The molecule has 11 N–H and O–H groups in total. The third-order valence-electron chi connectivity index (χ3n) is 8.74. The summed E-state index contributed by atoms with van der Waals surface area (Å²) in [4.78, 5) is 11.9. The second-order valence-electron chi connectivity index (χ2n) is 12.1. The average Bonchev–Trinajstić information content (AvgIpc) is 3.03. The first-order valence-electron chi connectivity index (χ1n) is 15.2. The van der Waals surface area contributed by atoms with Crippen molar-refractivity contribution in [3.05, 3.63) is 0 Å². The molecule has 47 heavy (non-hydrogen) atoms. The molecular weight excluding hydrogens is 642 g/mol. The quantitative estimate of drug-likeness (QED) is 0.102. The van der Waals surface area contributed by atoms with E-state index in [1.807, 2.05) is 0 Å². The number of carbonyl (C=O) groups is 1. The van der Waals surface area contributed by atoms with Crippen molar-refractivity contribution in [3.63, 3.8) is 0 Å². The number of hydrogen-bond donors (Lipinski definition) is 11. The van der Waals surface area contributed by atoms with Crippen LogP contribution in [0.2, 0.25) is 0 Å². The van der Waals surface area contributed by atoms with E-state index in [1.54, 1.807) is 0 Å². The van der Waals surface area contributed by atoms with Crippen LogP contribution in [0.1, 0.15) is 20.8 Å². The SMILES string of the molecule is CO[C@@H]1O[C@H](CO)[C@@H](O)[C@H](O[C@@H]2O[C@@H](C)[C@H](O)[C@@H](O[C@@H]3O[C@@H](C)[C@H](O)[C@@H](O[C@H]4O[C@H](CO)[C@@H](O)[C@H](O)[C@H]4O)[C@H]3O)[C@H]2O)[C@H]1NC(C)=O. The zero-order valence-corrected chi connectivity index (χ0v) is 26.1. The van der Waals surface area contributed by atoms with E-state index in [2.05, 4.69) is 5.32 Å². The maximum absolute atomic E-state index is 11.9. The molecule has 20 nitrogen and oxygen atoms in total. The number of ether oxygens (including phenoxy) is 8. The monoisotopic (exact) mass is 689 g/mol. The third-order valence-corrected chi connectivity index (χ3v) is 8.74. The van der Waals surface area contributed by atoms with E-state index < -0.39 is 142 Å². The first-order chi connectivity index (χ1) is 22.1. The molecule has 0 radical (unpaired) electrons. The minimum atomic E-state index is -1.88. The van der Waals surface area contributed by atoms with E-state index >= 15 is 0 Å². The Balaban J connectivity index is 1.52. The van der Waals surface area contributed by atoms with Crippen LogP contribution in [0.5, 0.6) is 0 Å². The molecule has 0 unspecified atom stereocenters. The van der Waals surface area contributed by atoms with Gasteiger partial charge in [-0.15, -0.1) is 0 Å². The molecular formula is C27H47NO19. The topological polar surface area (TPSA) is 305 Å². The van der Waals surface area contributed by atoms with Gasteiger partial charge in [0.25, 0.3) is 0 Å². The predicted octanol–water partition coefficient (Wildman–Crippen LogP) is -6.90. The van der Waals surface area contributed by atoms with Crippen LogP contribution in [-0.2, 0) is 42.7 Å². The molecule has 0 aliphatic carbocycles. The molecule has 0 aromatic heterocycles. The van der Waals surface area contributed by atoms with Gasteiger partial charge in [0.2, 0.25) is 5.91 Å². The summed E-state index contributed by atoms with van der Waals surface area (Å²) >= 11 is 0. The largest absolute Gasteiger partial charge is 0.394 e. The normalized spacial score (nSPS) is 51.0. The van der Waals surface area contributed by atoms with Crippen LogP contribution in [0.25, 0.3) is 0 Å². The van der Waals surface area contributed by atoms with Crippen LogP contribution >= 0.6 is 0 Å². The minimum Gasteiger partial charge on any atom is -0.394 e. The molecule has 4 fully saturated rings. The van der Waals surface area contributed by atoms with Gasteiger partial charge in [0.05, 0.1) is 25.4 Å². The zero-order chi connectivity index (χ0) is 34.9. The molecule has 274 valence electrons. The van der Waals surface area contributed by atoms with Crippen LogP contribution in [0.4, 0.5) is 0 Å². The number of rotatable bonds is 10. The van der Waals surface area contributed by atoms with Crippen LogP contribution < -0.4 is 5.32 Å². The fraction of sp³-hybridized carbons (Fsp3) is 0.963. The number of amides is 1. The lowest BCUT2D eigenvalue weighted by molar-refractivity contribution is -0.382. The van der Waals surface area contributed by atoms with Gasteiger partial charge in [0.1, 0.15) is 85.4 Å². The Kier molecular flexibility index (Phi) is 13.3. The van der Waals surface area contributed by atoms with Crippen molar-refractivity contribution in [2.24, 2.45) is 0 Å². The summed E-state index contributed by atoms with van der Waals surface area (Å²) in [6.07, 6.45) is -29.4. The van der Waals surface area contributed by atoms with Crippen molar-refractivity contribution in [1.29, 1.82) is 0 Å². The number of aliphatic hydroxyl groups is 10.